The fourth-order valence-corrected chi connectivity index (χ4v) is 2.71. The second kappa shape index (κ2) is 7.04. The monoisotopic (exact) mass is 287 g/mol. The molecule has 0 saturated carbocycles. The van der Waals surface area contributed by atoms with Crippen molar-refractivity contribution in [2.75, 3.05) is 0 Å². The highest BCUT2D eigenvalue weighted by atomic mass is 14.7. The Kier molecular flexibility index (Phi) is 4.65. The minimum atomic E-state index is 1.02. The van der Waals surface area contributed by atoms with Gasteiger partial charge in [0.1, 0.15) is 0 Å². The Bertz CT molecular complexity index is 714. The Balaban J connectivity index is 1.95. The molecule has 1 nitrogen and oxygen atoms in total. The van der Waals surface area contributed by atoms with Crippen molar-refractivity contribution >= 4 is 0 Å². The lowest BCUT2D eigenvalue weighted by molar-refractivity contribution is 0.795. The van der Waals surface area contributed by atoms with Gasteiger partial charge in [-0.05, 0) is 41.7 Å². The summed E-state index contributed by atoms with van der Waals surface area (Å²) in [5.74, 6) is 0. The summed E-state index contributed by atoms with van der Waals surface area (Å²) in [5.41, 5.74) is 6.11. The Morgan fingerprint density at radius 1 is 0.773 bits per heavy atom. The van der Waals surface area contributed by atoms with E-state index in [-0.39, 0.29) is 0 Å². The molecular weight excluding hydrogens is 266 g/mol. The third-order valence-electron chi connectivity index (χ3n) is 3.95. The minimum Gasteiger partial charge on any atom is -0.256 e. The molecule has 0 spiro atoms. The zero-order valence-corrected chi connectivity index (χ0v) is 13.0. The summed E-state index contributed by atoms with van der Waals surface area (Å²) in [6.45, 7) is 2.23. The average Bonchev–Trinajstić information content (AvgIpc) is 2.61. The van der Waals surface area contributed by atoms with Gasteiger partial charge in [0.05, 0.1) is 5.69 Å². The van der Waals surface area contributed by atoms with Crippen molar-refractivity contribution in [2.45, 2.75) is 26.2 Å². The van der Waals surface area contributed by atoms with Crippen LogP contribution in [0.15, 0.2) is 72.9 Å². The van der Waals surface area contributed by atoms with Crippen LogP contribution in [0.2, 0.25) is 0 Å². The van der Waals surface area contributed by atoms with Crippen molar-refractivity contribution in [3.63, 3.8) is 0 Å². The molecule has 0 bridgehead atoms. The molecule has 1 heterocycles. The van der Waals surface area contributed by atoms with E-state index in [2.05, 4.69) is 66.5 Å². The summed E-state index contributed by atoms with van der Waals surface area (Å²) in [5, 5.41) is 0. The normalized spacial score (nSPS) is 10.6. The van der Waals surface area contributed by atoms with Gasteiger partial charge in [-0.3, -0.25) is 4.98 Å². The van der Waals surface area contributed by atoms with E-state index in [1.807, 2.05) is 18.3 Å². The first kappa shape index (κ1) is 14.5. The molecule has 2 aromatic carbocycles. The predicted molar refractivity (Wildman–Crippen MR) is 93.7 cm³/mol. The number of hydrogen-bond donors (Lipinski definition) is 0. The molecule has 3 aromatic rings. The smallest absolute Gasteiger partial charge is 0.0708 e. The largest absolute Gasteiger partial charge is 0.256 e. The molecule has 0 N–H and O–H groups in total. The number of aryl methyl sites for hydroxylation is 1. The number of benzene rings is 2. The van der Waals surface area contributed by atoms with Crippen LogP contribution >= 0.6 is 0 Å². The van der Waals surface area contributed by atoms with Crippen molar-refractivity contribution in [3.05, 3.63) is 78.5 Å². The standard InChI is InChI=1S/C21H21N/c1-2-3-8-17-12-14-18(15-13-17)19-9-4-5-10-20(19)21-11-6-7-16-22-21/h4-7,9-16H,2-3,8H2,1H3. The van der Waals surface area contributed by atoms with Crippen LogP contribution in [0.3, 0.4) is 0 Å². The molecule has 0 aliphatic carbocycles. The summed E-state index contributed by atoms with van der Waals surface area (Å²) in [4.78, 5) is 4.49. The lowest BCUT2D eigenvalue weighted by Crippen LogP contribution is -1.89. The number of unbranched alkanes of at least 4 members (excludes halogenated alkanes) is 1. The zero-order valence-electron chi connectivity index (χ0n) is 13.0. The van der Waals surface area contributed by atoms with Crippen molar-refractivity contribution < 1.29 is 0 Å². The van der Waals surface area contributed by atoms with E-state index >= 15 is 0 Å². The molecule has 22 heavy (non-hydrogen) atoms. The van der Waals surface area contributed by atoms with E-state index in [9.17, 15) is 0 Å². The van der Waals surface area contributed by atoms with Gasteiger partial charge in [0.25, 0.3) is 0 Å². The summed E-state index contributed by atoms with van der Waals surface area (Å²) in [7, 11) is 0. The van der Waals surface area contributed by atoms with Crippen molar-refractivity contribution in [1.82, 2.24) is 4.98 Å². The third kappa shape index (κ3) is 3.25. The zero-order chi connectivity index (χ0) is 15.2. The number of pyridine rings is 1. The van der Waals surface area contributed by atoms with Gasteiger partial charge in [-0.15, -0.1) is 0 Å². The maximum atomic E-state index is 4.49. The van der Waals surface area contributed by atoms with Crippen LogP contribution in [0.1, 0.15) is 25.3 Å². The quantitative estimate of drug-likeness (QED) is 0.581. The van der Waals surface area contributed by atoms with Crippen LogP contribution in [0, 0.1) is 0 Å². The molecule has 1 heteroatoms. The van der Waals surface area contributed by atoms with Crippen molar-refractivity contribution in [1.29, 1.82) is 0 Å². The van der Waals surface area contributed by atoms with Crippen LogP contribution in [0.25, 0.3) is 22.4 Å². The molecule has 0 amide bonds. The summed E-state index contributed by atoms with van der Waals surface area (Å²) >= 11 is 0. The Morgan fingerprint density at radius 3 is 2.18 bits per heavy atom. The van der Waals surface area contributed by atoms with Gasteiger partial charge >= 0.3 is 0 Å². The van der Waals surface area contributed by atoms with Gasteiger partial charge in [0.15, 0.2) is 0 Å². The maximum Gasteiger partial charge on any atom is 0.0708 e. The number of nitrogens with zero attached hydrogens (tertiary/aromatic N) is 1. The fraction of sp³-hybridized carbons (Fsp3) is 0.190. The summed E-state index contributed by atoms with van der Waals surface area (Å²) in [6, 6.07) is 23.5. The van der Waals surface area contributed by atoms with Crippen LogP contribution in [-0.4, -0.2) is 4.98 Å². The Labute approximate surface area is 132 Å². The van der Waals surface area contributed by atoms with E-state index < -0.39 is 0 Å². The molecule has 0 aliphatic rings. The molecule has 0 aliphatic heterocycles. The van der Waals surface area contributed by atoms with Gasteiger partial charge in [-0.1, -0.05) is 67.9 Å². The second-order valence-corrected chi connectivity index (χ2v) is 5.56. The van der Waals surface area contributed by atoms with Gasteiger partial charge in [-0.25, -0.2) is 0 Å². The molecule has 0 saturated heterocycles. The molecule has 0 atom stereocenters. The first-order valence-corrected chi connectivity index (χ1v) is 7.98. The number of aromatic nitrogens is 1. The SMILES string of the molecule is CCCCc1ccc(-c2ccccc2-c2ccccn2)cc1. The highest BCUT2D eigenvalue weighted by Gasteiger charge is 2.07. The van der Waals surface area contributed by atoms with Crippen molar-refractivity contribution in [2.24, 2.45) is 0 Å². The summed E-state index contributed by atoms with van der Waals surface area (Å²) in [6.07, 6.45) is 5.51. The summed E-state index contributed by atoms with van der Waals surface area (Å²) < 4.78 is 0. The molecule has 1 aromatic heterocycles. The Morgan fingerprint density at radius 2 is 1.50 bits per heavy atom. The van der Waals surface area contributed by atoms with E-state index in [1.165, 1.54) is 41.5 Å². The van der Waals surface area contributed by atoms with Crippen LogP contribution in [0.4, 0.5) is 0 Å². The average molecular weight is 287 g/mol. The first-order valence-electron chi connectivity index (χ1n) is 7.98. The van der Waals surface area contributed by atoms with Crippen LogP contribution < -0.4 is 0 Å². The van der Waals surface area contributed by atoms with Gasteiger partial charge < -0.3 is 0 Å². The van der Waals surface area contributed by atoms with Crippen molar-refractivity contribution in [3.8, 4) is 22.4 Å². The lowest BCUT2D eigenvalue weighted by Gasteiger charge is -2.10. The molecule has 3 rings (SSSR count). The number of rotatable bonds is 5. The van der Waals surface area contributed by atoms with E-state index in [0.29, 0.717) is 0 Å². The second-order valence-electron chi connectivity index (χ2n) is 5.56. The Hall–Kier alpha value is -2.41. The third-order valence-corrected chi connectivity index (χ3v) is 3.95. The van der Waals surface area contributed by atoms with Gasteiger partial charge in [0, 0.05) is 11.8 Å². The van der Waals surface area contributed by atoms with Gasteiger partial charge in [-0.2, -0.15) is 0 Å². The highest BCUT2D eigenvalue weighted by Crippen LogP contribution is 2.30. The van der Waals surface area contributed by atoms with E-state index in [4.69, 9.17) is 0 Å². The molecule has 0 radical (unpaired) electrons. The molecule has 0 unspecified atom stereocenters. The predicted octanol–water partition coefficient (Wildman–Crippen LogP) is 5.76. The van der Waals surface area contributed by atoms with Crippen LogP contribution in [0.5, 0.6) is 0 Å². The fourth-order valence-electron chi connectivity index (χ4n) is 2.71. The topological polar surface area (TPSA) is 12.9 Å². The maximum absolute atomic E-state index is 4.49. The highest BCUT2D eigenvalue weighted by molar-refractivity contribution is 5.81. The van der Waals surface area contributed by atoms with Crippen LogP contribution in [-0.2, 0) is 6.42 Å². The van der Waals surface area contributed by atoms with E-state index in [1.54, 1.807) is 0 Å². The molecule has 0 fully saturated rings. The number of hydrogen-bond acceptors (Lipinski definition) is 1. The first-order chi connectivity index (χ1) is 10.9. The molecular formula is C21H21N. The lowest BCUT2D eigenvalue weighted by atomic mass is 9.96. The minimum absolute atomic E-state index is 1.02. The van der Waals surface area contributed by atoms with Gasteiger partial charge in [0.2, 0.25) is 0 Å². The van der Waals surface area contributed by atoms with E-state index in [0.717, 1.165) is 5.69 Å². The molecule has 110 valence electrons.